The highest BCUT2D eigenvalue weighted by atomic mass is 19.2. The first kappa shape index (κ1) is 15.5. The van der Waals surface area contributed by atoms with Crippen molar-refractivity contribution in [1.82, 2.24) is 10.2 Å². The molecular formula is C13H17F3N2O. The minimum atomic E-state index is -1.47. The molecule has 0 spiro atoms. The first-order valence-electron chi connectivity index (χ1n) is 5.89. The van der Waals surface area contributed by atoms with Gasteiger partial charge in [-0.05, 0) is 31.7 Å². The number of hydrogen-bond acceptors (Lipinski definition) is 2. The van der Waals surface area contributed by atoms with E-state index in [1.165, 1.54) is 0 Å². The number of nitrogens with zero attached hydrogens (tertiary/aromatic N) is 1. The third-order valence-electron chi connectivity index (χ3n) is 2.99. The summed E-state index contributed by atoms with van der Waals surface area (Å²) in [5, 5.41) is 2.51. The molecule has 0 radical (unpaired) electrons. The summed E-state index contributed by atoms with van der Waals surface area (Å²) in [5.74, 6) is -4.00. The number of benzene rings is 1. The van der Waals surface area contributed by atoms with Crippen LogP contribution < -0.4 is 5.32 Å². The molecular weight excluding hydrogens is 257 g/mol. The number of halogens is 3. The molecule has 106 valence electrons. The lowest BCUT2D eigenvalue weighted by atomic mass is 10.1. The second-order valence-corrected chi connectivity index (χ2v) is 4.51. The molecule has 0 aliphatic rings. The molecule has 1 amide bonds. The first-order chi connectivity index (χ1) is 8.85. The van der Waals surface area contributed by atoms with E-state index in [0.717, 1.165) is 12.1 Å². The van der Waals surface area contributed by atoms with Crippen molar-refractivity contribution < 1.29 is 18.0 Å². The van der Waals surface area contributed by atoms with Gasteiger partial charge in [0.1, 0.15) is 0 Å². The van der Waals surface area contributed by atoms with Crippen LogP contribution in [-0.2, 0) is 11.3 Å². The van der Waals surface area contributed by atoms with Gasteiger partial charge in [0.25, 0.3) is 0 Å². The summed E-state index contributed by atoms with van der Waals surface area (Å²) < 4.78 is 38.9. The molecule has 6 heteroatoms. The lowest BCUT2D eigenvalue weighted by Gasteiger charge is -2.24. The Balaban J connectivity index is 2.71. The lowest BCUT2D eigenvalue weighted by Crippen LogP contribution is -2.33. The van der Waals surface area contributed by atoms with Gasteiger partial charge in [-0.25, -0.2) is 13.2 Å². The van der Waals surface area contributed by atoms with Gasteiger partial charge >= 0.3 is 0 Å². The molecule has 0 heterocycles. The van der Waals surface area contributed by atoms with E-state index in [-0.39, 0.29) is 24.9 Å². The normalized spacial score (nSPS) is 12.6. The molecule has 1 rings (SSSR count). The highest BCUT2D eigenvalue weighted by Gasteiger charge is 2.16. The van der Waals surface area contributed by atoms with Gasteiger partial charge < -0.3 is 5.32 Å². The van der Waals surface area contributed by atoms with Gasteiger partial charge in [-0.3, -0.25) is 9.69 Å². The predicted molar refractivity (Wildman–Crippen MR) is 65.9 cm³/mol. The number of carbonyl (C=O) groups excluding carboxylic acids is 1. The molecule has 0 aliphatic carbocycles. The number of nitrogens with one attached hydrogen (secondary N) is 1. The predicted octanol–water partition coefficient (Wildman–Crippen LogP) is 2.06. The van der Waals surface area contributed by atoms with Crippen molar-refractivity contribution in [2.75, 3.05) is 14.1 Å². The summed E-state index contributed by atoms with van der Waals surface area (Å²) >= 11 is 0. The molecule has 1 atom stereocenters. The molecule has 1 N–H and O–H groups in total. The Labute approximate surface area is 110 Å². The third-order valence-corrected chi connectivity index (χ3v) is 2.99. The third kappa shape index (κ3) is 4.24. The maximum atomic E-state index is 13.1. The average molecular weight is 274 g/mol. The van der Waals surface area contributed by atoms with E-state index in [4.69, 9.17) is 0 Å². The van der Waals surface area contributed by atoms with Crippen molar-refractivity contribution in [2.45, 2.75) is 25.9 Å². The van der Waals surface area contributed by atoms with E-state index in [2.05, 4.69) is 5.32 Å². The van der Waals surface area contributed by atoms with Crippen LogP contribution in [0, 0.1) is 17.5 Å². The van der Waals surface area contributed by atoms with Crippen LogP contribution in [0.25, 0.3) is 0 Å². The van der Waals surface area contributed by atoms with Crippen molar-refractivity contribution >= 4 is 5.91 Å². The molecule has 1 unspecified atom stereocenters. The van der Waals surface area contributed by atoms with Crippen molar-refractivity contribution in [3.8, 4) is 0 Å². The Morgan fingerprint density at radius 1 is 1.32 bits per heavy atom. The van der Waals surface area contributed by atoms with Crippen LogP contribution in [-0.4, -0.2) is 30.9 Å². The standard InChI is InChI=1S/C13H17F3N2O/c1-8(4-12(19)17-2)18(3)7-9-5-10(14)13(16)11(15)6-9/h5-6,8H,4,7H2,1-3H3,(H,17,19). The van der Waals surface area contributed by atoms with Crippen molar-refractivity contribution in [2.24, 2.45) is 0 Å². The second-order valence-electron chi connectivity index (χ2n) is 4.51. The van der Waals surface area contributed by atoms with Crippen LogP contribution in [0.1, 0.15) is 18.9 Å². The summed E-state index contributed by atoms with van der Waals surface area (Å²) in [6.07, 6.45) is 0.277. The Morgan fingerprint density at radius 3 is 2.32 bits per heavy atom. The number of amides is 1. The molecule has 1 aromatic rings. The van der Waals surface area contributed by atoms with E-state index >= 15 is 0 Å². The highest BCUT2D eigenvalue weighted by Crippen LogP contribution is 2.16. The molecule has 3 nitrogen and oxygen atoms in total. The number of carbonyl (C=O) groups is 1. The second kappa shape index (κ2) is 6.56. The first-order valence-corrected chi connectivity index (χ1v) is 5.89. The average Bonchev–Trinajstić information content (AvgIpc) is 2.35. The lowest BCUT2D eigenvalue weighted by molar-refractivity contribution is -0.121. The SMILES string of the molecule is CNC(=O)CC(C)N(C)Cc1cc(F)c(F)c(F)c1. The van der Waals surface area contributed by atoms with Crippen LogP contribution in [0.3, 0.4) is 0 Å². The van der Waals surface area contributed by atoms with E-state index in [1.807, 2.05) is 6.92 Å². The van der Waals surface area contributed by atoms with Gasteiger partial charge in [-0.1, -0.05) is 0 Å². The molecule has 0 bridgehead atoms. The number of rotatable bonds is 5. The van der Waals surface area contributed by atoms with Crippen LogP contribution >= 0.6 is 0 Å². The Bertz CT molecular complexity index is 442. The largest absolute Gasteiger partial charge is 0.359 e. The topological polar surface area (TPSA) is 32.3 Å². The molecule has 0 saturated carbocycles. The fourth-order valence-electron chi connectivity index (χ4n) is 1.67. The summed E-state index contributed by atoms with van der Waals surface area (Å²) in [7, 11) is 3.27. The van der Waals surface area contributed by atoms with Crippen LogP contribution in [0.15, 0.2) is 12.1 Å². The smallest absolute Gasteiger partial charge is 0.221 e. The highest BCUT2D eigenvalue weighted by molar-refractivity contribution is 5.76. The fraction of sp³-hybridized carbons (Fsp3) is 0.462. The van der Waals surface area contributed by atoms with Gasteiger partial charge in [-0.15, -0.1) is 0 Å². The molecule has 0 fully saturated rings. The Hall–Kier alpha value is -1.56. The van der Waals surface area contributed by atoms with E-state index in [9.17, 15) is 18.0 Å². The van der Waals surface area contributed by atoms with Gasteiger partial charge in [0.15, 0.2) is 17.5 Å². The summed E-state index contributed by atoms with van der Waals surface area (Å²) in [4.78, 5) is 13.0. The number of hydrogen-bond donors (Lipinski definition) is 1. The summed E-state index contributed by atoms with van der Waals surface area (Å²) in [6.45, 7) is 2.05. The van der Waals surface area contributed by atoms with E-state index < -0.39 is 17.5 Å². The van der Waals surface area contributed by atoms with Crippen LogP contribution in [0.5, 0.6) is 0 Å². The van der Waals surface area contributed by atoms with E-state index in [1.54, 1.807) is 19.0 Å². The minimum absolute atomic E-state index is 0.101. The fourth-order valence-corrected chi connectivity index (χ4v) is 1.67. The zero-order valence-electron chi connectivity index (χ0n) is 11.1. The molecule has 0 aromatic heterocycles. The zero-order valence-corrected chi connectivity index (χ0v) is 11.1. The van der Waals surface area contributed by atoms with Gasteiger partial charge in [0.05, 0.1) is 0 Å². The van der Waals surface area contributed by atoms with Crippen molar-refractivity contribution in [3.05, 3.63) is 35.1 Å². The van der Waals surface area contributed by atoms with Crippen molar-refractivity contribution in [3.63, 3.8) is 0 Å². The summed E-state index contributed by atoms with van der Waals surface area (Å²) in [5.41, 5.74) is 0.322. The van der Waals surface area contributed by atoms with Crippen molar-refractivity contribution in [1.29, 1.82) is 0 Å². The molecule has 0 saturated heterocycles. The van der Waals surface area contributed by atoms with E-state index in [0.29, 0.717) is 5.56 Å². The Kier molecular flexibility index (Phi) is 5.35. The zero-order chi connectivity index (χ0) is 14.6. The van der Waals surface area contributed by atoms with Gasteiger partial charge in [0.2, 0.25) is 5.91 Å². The maximum Gasteiger partial charge on any atom is 0.221 e. The quantitative estimate of drug-likeness (QED) is 0.834. The van der Waals surface area contributed by atoms with Crippen LogP contribution in [0.4, 0.5) is 13.2 Å². The van der Waals surface area contributed by atoms with Crippen LogP contribution in [0.2, 0.25) is 0 Å². The monoisotopic (exact) mass is 274 g/mol. The molecule has 19 heavy (non-hydrogen) atoms. The van der Waals surface area contributed by atoms with Gasteiger partial charge in [0, 0.05) is 26.1 Å². The molecule has 0 aliphatic heterocycles. The summed E-state index contributed by atoms with van der Waals surface area (Å²) in [6, 6.07) is 1.82. The minimum Gasteiger partial charge on any atom is -0.359 e. The molecule has 1 aromatic carbocycles. The van der Waals surface area contributed by atoms with Gasteiger partial charge in [-0.2, -0.15) is 0 Å². The Morgan fingerprint density at radius 2 is 1.84 bits per heavy atom. The maximum absolute atomic E-state index is 13.1.